The van der Waals surface area contributed by atoms with E-state index in [2.05, 4.69) is 0 Å². The Balaban J connectivity index is 2.74. The van der Waals surface area contributed by atoms with Gasteiger partial charge in [0.25, 0.3) is 0 Å². The molecule has 0 radical (unpaired) electrons. The third-order valence-corrected chi connectivity index (χ3v) is 5.16. The lowest BCUT2D eigenvalue weighted by Crippen LogP contribution is -2.41. The van der Waals surface area contributed by atoms with Crippen molar-refractivity contribution in [1.82, 2.24) is 0 Å². The van der Waals surface area contributed by atoms with Crippen molar-refractivity contribution in [3.63, 3.8) is 0 Å². The molecule has 0 heterocycles. The summed E-state index contributed by atoms with van der Waals surface area (Å²) < 4.78 is 24.5. The van der Waals surface area contributed by atoms with E-state index in [-0.39, 0.29) is 5.82 Å². The summed E-state index contributed by atoms with van der Waals surface area (Å²) in [6.07, 6.45) is 0. The summed E-state index contributed by atoms with van der Waals surface area (Å²) >= 11 is 0. The van der Waals surface area contributed by atoms with Gasteiger partial charge in [0.15, 0.2) is 0 Å². The number of rotatable bonds is 6. The van der Waals surface area contributed by atoms with Crippen LogP contribution in [0.15, 0.2) is 24.3 Å². The van der Waals surface area contributed by atoms with Gasteiger partial charge in [-0.15, -0.1) is 0 Å². The SMILES string of the molecule is CCO[Si](C)(Cc1cccc(F)c1)OCC. The smallest absolute Gasteiger partial charge is 0.339 e. The molecule has 1 rings (SSSR count). The van der Waals surface area contributed by atoms with Crippen LogP contribution in [0.4, 0.5) is 4.39 Å². The Hall–Kier alpha value is -0.713. The minimum atomic E-state index is -2.18. The average Bonchev–Trinajstić information content (AvgIpc) is 2.17. The Labute approximate surface area is 97.6 Å². The maximum absolute atomic E-state index is 13.0. The van der Waals surface area contributed by atoms with Crippen molar-refractivity contribution in [2.45, 2.75) is 26.4 Å². The van der Waals surface area contributed by atoms with Crippen LogP contribution in [-0.4, -0.2) is 21.8 Å². The van der Waals surface area contributed by atoms with Crippen LogP contribution >= 0.6 is 0 Å². The second-order valence-corrected chi connectivity index (χ2v) is 7.01. The highest BCUT2D eigenvalue weighted by atomic mass is 28.4. The van der Waals surface area contributed by atoms with Crippen molar-refractivity contribution >= 4 is 8.56 Å². The molecule has 90 valence electrons. The lowest BCUT2D eigenvalue weighted by molar-refractivity contribution is 0.188. The standard InChI is InChI=1S/C12H19FO2Si/c1-4-14-16(3,15-5-2)10-11-7-6-8-12(13)9-11/h6-9H,4-5,10H2,1-3H3. The molecular weight excluding hydrogens is 223 g/mol. The molecular formula is C12H19FO2Si. The molecule has 4 heteroatoms. The van der Waals surface area contributed by atoms with Gasteiger partial charge in [0.05, 0.1) is 0 Å². The van der Waals surface area contributed by atoms with Crippen LogP contribution in [0.3, 0.4) is 0 Å². The Morgan fingerprint density at radius 1 is 1.19 bits per heavy atom. The second-order valence-electron chi connectivity index (χ2n) is 3.81. The number of hydrogen-bond donors (Lipinski definition) is 0. The quantitative estimate of drug-likeness (QED) is 0.714. The van der Waals surface area contributed by atoms with Gasteiger partial charge in [0.1, 0.15) is 5.82 Å². The summed E-state index contributed by atoms with van der Waals surface area (Å²) in [7, 11) is -2.18. The van der Waals surface area contributed by atoms with Gasteiger partial charge in [-0.05, 0) is 38.1 Å². The van der Waals surface area contributed by atoms with Gasteiger partial charge >= 0.3 is 8.56 Å². The number of benzene rings is 1. The van der Waals surface area contributed by atoms with E-state index in [1.165, 1.54) is 6.07 Å². The lowest BCUT2D eigenvalue weighted by atomic mass is 10.2. The Morgan fingerprint density at radius 2 is 1.81 bits per heavy atom. The zero-order chi connectivity index (χ0) is 12.0. The molecule has 2 nitrogen and oxygen atoms in total. The molecule has 1 aromatic carbocycles. The zero-order valence-corrected chi connectivity index (χ0v) is 11.1. The molecule has 0 atom stereocenters. The molecule has 0 unspecified atom stereocenters. The first kappa shape index (κ1) is 13.4. The predicted molar refractivity (Wildman–Crippen MR) is 65.0 cm³/mol. The molecule has 0 spiro atoms. The van der Waals surface area contributed by atoms with Gasteiger partial charge in [0, 0.05) is 19.3 Å². The van der Waals surface area contributed by atoms with Crippen LogP contribution in [0.1, 0.15) is 19.4 Å². The summed E-state index contributed by atoms with van der Waals surface area (Å²) in [5.74, 6) is -0.207. The van der Waals surface area contributed by atoms with Crippen molar-refractivity contribution in [2.24, 2.45) is 0 Å². The fourth-order valence-electron chi connectivity index (χ4n) is 1.77. The fraction of sp³-hybridized carbons (Fsp3) is 0.500. The number of halogens is 1. The predicted octanol–water partition coefficient (Wildman–Crippen LogP) is 3.05. The van der Waals surface area contributed by atoms with Gasteiger partial charge in [-0.1, -0.05) is 12.1 Å². The van der Waals surface area contributed by atoms with Crippen LogP contribution < -0.4 is 0 Å². The highest BCUT2D eigenvalue weighted by Crippen LogP contribution is 2.15. The molecule has 0 aliphatic rings. The van der Waals surface area contributed by atoms with E-state index in [4.69, 9.17) is 8.85 Å². The molecule has 0 N–H and O–H groups in total. The molecule has 16 heavy (non-hydrogen) atoms. The van der Waals surface area contributed by atoms with Crippen LogP contribution in [0.25, 0.3) is 0 Å². The maximum atomic E-state index is 13.0. The molecule has 1 aromatic rings. The molecule has 0 amide bonds. The second kappa shape index (κ2) is 6.13. The highest BCUT2D eigenvalue weighted by molar-refractivity contribution is 6.65. The third-order valence-electron chi connectivity index (χ3n) is 2.31. The molecule has 0 saturated carbocycles. The van der Waals surface area contributed by atoms with E-state index in [9.17, 15) is 4.39 Å². The summed E-state index contributed by atoms with van der Waals surface area (Å²) in [6.45, 7) is 7.20. The topological polar surface area (TPSA) is 18.5 Å². The van der Waals surface area contributed by atoms with Crippen LogP contribution in [0.5, 0.6) is 0 Å². The summed E-state index contributed by atoms with van der Waals surface area (Å²) in [6, 6.07) is 7.31. The van der Waals surface area contributed by atoms with Gasteiger partial charge in [0.2, 0.25) is 0 Å². The first-order valence-electron chi connectivity index (χ1n) is 5.62. The van der Waals surface area contributed by atoms with Crippen molar-refractivity contribution in [1.29, 1.82) is 0 Å². The molecule has 0 saturated heterocycles. The fourth-order valence-corrected chi connectivity index (χ4v) is 4.24. The summed E-state index contributed by atoms with van der Waals surface area (Å²) in [5.41, 5.74) is 0.941. The van der Waals surface area contributed by atoms with Crippen LogP contribution in [0.2, 0.25) is 6.55 Å². The lowest BCUT2D eigenvalue weighted by Gasteiger charge is -2.26. The van der Waals surface area contributed by atoms with E-state index >= 15 is 0 Å². The van der Waals surface area contributed by atoms with E-state index in [0.29, 0.717) is 19.3 Å². The van der Waals surface area contributed by atoms with Crippen LogP contribution in [-0.2, 0) is 14.9 Å². The minimum Gasteiger partial charge on any atom is -0.394 e. The van der Waals surface area contributed by atoms with Crippen molar-refractivity contribution in [3.8, 4) is 0 Å². The first-order chi connectivity index (χ1) is 7.59. The van der Waals surface area contributed by atoms with Crippen molar-refractivity contribution < 1.29 is 13.2 Å². The van der Waals surface area contributed by atoms with E-state index in [1.54, 1.807) is 12.1 Å². The van der Waals surface area contributed by atoms with Crippen LogP contribution in [0, 0.1) is 5.82 Å². The van der Waals surface area contributed by atoms with E-state index < -0.39 is 8.56 Å². The molecule has 0 fully saturated rings. The molecule has 0 aliphatic heterocycles. The largest absolute Gasteiger partial charge is 0.394 e. The number of hydrogen-bond acceptors (Lipinski definition) is 2. The van der Waals surface area contributed by atoms with Gasteiger partial charge in [-0.3, -0.25) is 0 Å². The Bertz CT molecular complexity index is 325. The van der Waals surface area contributed by atoms with Gasteiger partial charge in [-0.25, -0.2) is 4.39 Å². The molecule has 0 aliphatic carbocycles. The zero-order valence-electron chi connectivity index (χ0n) is 10.1. The summed E-state index contributed by atoms with van der Waals surface area (Å²) in [5, 5.41) is 0. The third kappa shape index (κ3) is 4.04. The van der Waals surface area contributed by atoms with E-state index in [1.807, 2.05) is 26.5 Å². The maximum Gasteiger partial charge on any atom is 0.339 e. The normalized spacial score (nSPS) is 11.8. The van der Waals surface area contributed by atoms with Gasteiger partial charge < -0.3 is 8.85 Å². The van der Waals surface area contributed by atoms with E-state index in [0.717, 1.165) is 5.56 Å². The average molecular weight is 242 g/mol. The van der Waals surface area contributed by atoms with Crippen molar-refractivity contribution in [3.05, 3.63) is 35.6 Å². The molecule has 0 bridgehead atoms. The molecule has 0 aromatic heterocycles. The summed E-state index contributed by atoms with van der Waals surface area (Å²) in [4.78, 5) is 0. The highest BCUT2D eigenvalue weighted by Gasteiger charge is 2.31. The first-order valence-corrected chi connectivity index (χ1v) is 8.14. The Morgan fingerprint density at radius 3 is 2.31 bits per heavy atom. The van der Waals surface area contributed by atoms with Gasteiger partial charge in [-0.2, -0.15) is 0 Å². The minimum absolute atomic E-state index is 0.207. The monoisotopic (exact) mass is 242 g/mol. The van der Waals surface area contributed by atoms with Crippen molar-refractivity contribution in [2.75, 3.05) is 13.2 Å². The Kier molecular flexibility index (Phi) is 5.11.